The van der Waals surface area contributed by atoms with E-state index in [9.17, 15) is 14.0 Å². The van der Waals surface area contributed by atoms with Gasteiger partial charge in [-0.3, -0.25) is 4.79 Å². The number of nitriles is 1. The molecule has 122 valence electrons. The van der Waals surface area contributed by atoms with E-state index in [-0.39, 0.29) is 12.0 Å². The van der Waals surface area contributed by atoms with E-state index in [0.717, 1.165) is 6.07 Å². The number of amides is 1. The number of ether oxygens (including phenoxy) is 1. The Kier molecular flexibility index (Phi) is 5.63. The van der Waals surface area contributed by atoms with Crippen LogP contribution in [0.4, 0.5) is 4.39 Å². The van der Waals surface area contributed by atoms with Crippen LogP contribution in [0.25, 0.3) is 0 Å². The number of carbonyl (C=O) groups excluding carboxylic acids is 2. The third kappa shape index (κ3) is 4.17. The Hall–Kier alpha value is -3.20. The van der Waals surface area contributed by atoms with Crippen molar-refractivity contribution in [1.82, 2.24) is 5.32 Å². The maximum Gasteiger partial charge on any atom is 0.328 e. The molecular weight excluding hydrogens is 311 g/mol. The summed E-state index contributed by atoms with van der Waals surface area (Å²) >= 11 is 0. The number of halogens is 1. The summed E-state index contributed by atoms with van der Waals surface area (Å²) in [6, 6.07) is 13.0. The number of nitrogens with one attached hydrogen (secondary N) is 1. The summed E-state index contributed by atoms with van der Waals surface area (Å²) in [5.41, 5.74) is 1.11. The van der Waals surface area contributed by atoms with Crippen LogP contribution in [0.3, 0.4) is 0 Å². The molecule has 0 aliphatic heterocycles. The highest BCUT2D eigenvalue weighted by Gasteiger charge is 2.23. The van der Waals surface area contributed by atoms with E-state index < -0.39 is 23.7 Å². The number of hydrogen-bond donors (Lipinski definition) is 1. The second kappa shape index (κ2) is 7.88. The minimum Gasteiger partial charge on any atom is -0.467 e. The highest BCUT2D eigenvalue weighted by atomic mass is 19.1. The molecule has 2 rings (SSSR count). The molecule has 0 fully saturated rings. The first-order chi connectivity index (χ1) is 11.5. The molecule has 24 heavy (non-hydrogen) atoms. The van der Waals surface area contributed by atoms with Crippen LogP contribution in [0, 0.1) is 17.1 Å². The van der Waals surface area contributed by atoms with Gasteiger partial charge in [-0.05, 0) is 29.8 Å². The molecule has 0 spiro atoms. The number of esters is 1. The SMILES string of the molecule is COC(=O)[C@H](Cc1ccccc1C#N)NC(=O)c1cccc(F)c1. The Morgan fingerprint density at radius 2 is 2.00 bits per heavy atom. The largest absolute Gasteiger partial charge is 0.467 e. The van der Waals surface area contributed by atoms with Crippen LogP contribution in [-0.2, 0) is 16.0 Å². The molecule has 0 aliphatic rings. The lowest BCUT2D eigenvalue weighted by Gasteiger charge is -2.17. The van der Waals surface area contributed by atoms with Crippen molar-refractivity contribution in [3.05, 3.63) is 71.0 Å². The van der Waals surface area contributed by atoms with Crippen molar-refractivity contribution >= 4 is 11.9 Å². The topological polar surface area (TPSA) is 79.2 Å². The highest BCUT2D eigenvalue weighted by molar-refractivity contribution is 5.96. The zero-order chi connectivity index (χ0) is 17.5. The van der Waals surface area contributed by atoms with Gasteiger partial charge in [0.15, 0.2) is 0 Å². The first kappa shape index (κ1) is 17.2. The van der Waals surface area contributed by atoms with Gasteiger partial charge in [0, 0.05) is 12.0 Å². The van der Waals surface area contributed by atoms with Gasteiger partial charge in [-0.15, -0.1) is 0 Å². The van der Waals surface area contributed by atoms with Crippen molar-refractivity contribution in [2.24, 2.45) is 0 Å². The average molecular weight is 326 g/mol. The summed E-state index contributed by atoms with van der Waals surface area (Å²) in [5, 5.41) is 11.6. The Bertz CT molecular complexity index is 799. The lowest BCUT2D eigenvalue weighted by Crippen LogP contribution is -2.43. The molecule has 0 aromatic heterocycles. The summed E-state index contributed by atoms with van der Waals surface area (Å²) in [6.45, 7) is 0. The van der Waals surface area contributed by atoms with Crippen LogP contribution < -0.4 is 5.32 Å². The Morgan fingerprint density at radius 1 is 1.25 bits per heavy atom. The molecule has 0 unspecified atom stereocenters. The van der Waals surface area contributed by atoms with Crippen molar-refractivity contribution in [3.63, 3.8) is 0 Å². The maximum atomic E-state index is 13.2. The number of methoxy groups -OCH3 is 1. The van der Waals surface area contributed by atoms with Crippen LogP contribution in [0.15, 0.2) is 48.5 Å². The van der Waals surface area contributed by atoms with E-state index in [4.69, 9.17) is 10.00 Å². The van der Waals surface area contributed by atoms with E-state index in [1.54, 1.807) is 24.3 Å². The van der Waals surface area contributed by atoms with Crippen LogP contribution >= 0.6 is 0 Å². The molecule has 0 bridgehead atoms. The summed E-state index contributed by atoms with van der Waals surface area (Å²) in [7, 11) is 1.21. The minimum absolute atomic E-state index is 0.0947. The van der Waals surface area contributed by atoms with Gasteiger partial charge in [0.1, 0.15) is 11.9 Å². The van der Waals surface area contributed by atoms with Crippen molar-refractivity contribution in [1.29, 1.82) is 5.26 Å². The zero-order valence-corrected chi connectivity index (χ0v) is 13.0. The summed E-state index contributed by atoms with van der Waals surface area (Å²) in [6.07, 6.45) is 0.0947. The number of nitrogens with zero attached hydrogens (tertiary/aromatic N) is 1. The number of benzene rings is 2. The number of carbonyl (C=O) groups is 2. The standard InChI is InChI=1S/C18H15FN2O3/c1-24-18(23)16(10-12-5-2-3-6-14(12)11-20)21-17(22)13-7-4-8-15(19)9-13/h2-9,16H,10H2,1H3,(H,21,22)/t16-/m0/s1. The van der Waals surface area contributed by atoms with Gasteiger partial charge in [0.05, 0.1) is 18.7 Å². The average Bonchev–Trinajstić information content (AvgIpc) is 2.60. The molecule has 0 radical (unpaired) electrons. The molecule has 0 aliphatic carbocycles. The first-order valence-electron chi connectivity index (χ1n) is 7.17. The minimum atomic E-state index is -0.986. The molecule has 0 heterocycles. The van der Waals surface area contributed by atoms with Crippen molar-refractivity contribution in [2.45, 2.75) is 12.5 Å². The molecule has 5 nitrogen and oxygen atoms in total. The molecule has 0 saturated carbocycles. The summed E-state index contributed by atoms with van der Waals surface area (Å²) < 4.78 is 17.9. The highest BCUT2D eigenvalue weighted by Crippen LogP contribution is 2.12. The van der Waals surface area contributed by atoms with E-state index >= 15 is 0 Å². The van der Waals surface area contributed by atoms with Crippen molar-refractivity contribution in [3.8, 4) is 6.07 Å². The monoisotopic (exact) mass is 326 g/mol. The smallest absolute Gasteiger partial charge is 0.328 e. The second-order valence-electron chi connectivity index (χ2n) is 5.03. The lowest BCUT2D eigenvalue weighted by atomic mass is 10.0. The normalized spacial score (nSPS) is 11.2. The van der Waals surface area contributed by atoms with Gasteiger partial charge < -0.3 is 10.1 Å². The van der Waals surface area contributed by atoms with E-state index in [1.807, 2.05) is 6.07 Å². The second-order valence-corrected chi connectivity index (χ2v) is 5.03. The fourth-order valence-electron chi connectivity index (χ4n) is 2.23. The molecule has 2 aromatic carbocycles. The fourth-order valence-corrected chi connectivity index (χ4v) is 2.23. The summed E-state index contributed by atoms with van der Waals surface area (Å²) in [4.78, 5) is 24.2. The quantitative estimate of drug-likeness (QED) is 0.855. The molecule has 2 aromatic rings. The van der Waals surface area contributed by atoms with Gasteiger partial charge >= 0.3 is 5.97 Å². The zero-order valence-electron chi connectivity index (χ0n) is 13.0. The van der Waals surface area contributed by atoms with E-state index in [0.29, 0.717) is 11.1 Å². The molecule has 1 N–H and O–H groups in total. The van der Waals surface area contributed by atoms with Gasteiger partial charge in [0.25, 0.3) is 5.91 Å². The van der Waals surface area contributed by atoms with Crippen LogP contribution in [0.5, 0.6) is 0 Å². The lowest BCUT2D eigenvalue weighted by molar-refractivity contribution is -0.142. The van der Waals surface area contributed by atoms with E-state index in [2.05, 4.69) is 5.32 Å². The molecular formula is C18H15FN2O3. The van der Waals surface area contributed by atoms with Gasteiger partial charge in [0.2, 0.25) is 0 Å². The van der Waals surface area contributed by atoms with Crippen LogP contribution in [-0.4, -0.2) is 25.0 Å². The Morgan fingerprint density at radius 3 is 2.67 bits per heavy atom. The maximum absolute atomic E-state index is 13.2. The predicted octanol–water partition coefficient (Wildman–Crippen LogP) is 2.21. The van der Waals surface area contributed by atoms with Crippen LogP contribution in [0.1, 0.15) is 21.5 Å². The van der Waals surface area contributed by atoms with Gasteiger partial charge in [-0.1, -0.05) is 24.3 Å². The fraction of sp³-hybridized carbons (Fsp3) is 0.167. The molecule has 1 atom stereocenters. The molecule has 1 amide bonds. The van der Waals surface area contributed by atoms with Gasteiger partial charge in [-0.2, -0.15) is 5.26 Å². The Labute approximate surface area is 138 Å². The molecule has 0 saturated heterocycles. The summed E-state index contributed by atoms with van der Waals surface area (Å²) in [5.74, 6) is -1.79. The van der Waals surface area contributed by atoms with Crippen molar-refractivity contribution in [2.75, 3.05) is 7.11 Å². The number of rotatable bonds is 5. The molecule has 6 heteroatoms. The number of hydrogen-bond acceptors (Lipinski definition) is 4. The first-order valence-corrected chi connectivity index (χ1v) is 7.17. The predicted molar refractivity (Wildman–Crippen MR) is 84.5 cm³/mol. The Balaban J connectivity index is 2.22. The van der Waals surface area contributed by atoms with Crippen molar-refractivity contribution < 1.29 is 18.7 Å². The third-order valence-corrected chi connectivity index (χ3v) is 3.44. The van der Waals surface area contributed by atoms with E-state index in [1.165, 1.54) is 25.3 Å². The third-order valence-electron chi connectivity index (χ3n) is 3.44. The van der Waals surface area contributed by atoms with Crippen LogP contribution in [0.2, 0.25) is 0 Å². The van der Waals surface area contributed by atoms with Gasteiger partial charge in [-0.25, -0.2) is 9.18 Å².